The van der Waals surface area contributed by atoms with Crippen LogP contribution >= 0.6 is 15.9 Å². The Hall–Kier alpha value is -1.20. The monoisotopic (exact) mass is 339 g/mol. The van der Waals surface area contributed by atoms with Gasteiger partial charge in [0, 0.05) is 30.2 Å². The van der Waals surface area contributed by atoms with E-state index in [9.17, 15) is 4.39 Å². The largest absolute Gasteiger partial charge is 0.333 e. The molecule has 1 N–H and O–H groups in total. The Kier molecular flexibility index (Phi) is 5.73. The van der Waals surface area contributed by atoms with Gasteiger partial charge in [0.2, 0.25) is 0 Å². The third-order valence-corrected chi connectivity index (χ3v) is 3.42. The summed E-state index contributed by atoms with van der Waals surface area (Å²) in [6.07, 6.45) is 5.88. The molecule has 2 rings (SSSR count). The second-order valence-electron chi connectivity index (χ2n) is 4.82. The summed E-state index contributed by atoms with van der Waals surface area (Å²) in [6.45, 7) is 4.76. The number of hydrogen-bond donors (Lipinski definition) is 1. The van der Waals surface area contributed by atoms with Crippen molar-refractivity contribution < 1.29 is 4.39 Å². The van der Waals surface area contributed by atoms with Gasteiger partial charge < -0.3 is 9.88 Å². The third-order valence-electron chi connectivity index (χ3n) is 2.96. The van der Waals surface area contributed by atoms with E-state index < -0.39 is 0 Å². The lowest BCUT2D eigenvalue weighted by atomic mass is 10.2. The Balaban J connectivity index is 1.92. The lowest BCUT2D eigenvalue weighted by Crippen LogP contribution is -2.17. The molecule has 0 saturated carbocycles. The van der Waals surface area contributed by atoms with Crippen molar-refractivity contribution in [1.29, 1.82) is 0 Å². The van der Waals surface area contributed by atoms with Crippen molar-refractivity contribution in [1.82, 2.24) is 14.9 Å². The molecule has 0 fully saturated rings. The summed E-state index contributed by atoms with van der Waals surface area (Å²) in [5, 5.41) is 3.35. The molecule has 1 aromatic carbocycles. The molecule has 108 valence electrons. The fraction of sp³-hybridized carbons (Fsp3) is 0.400. The highest BCUT2D eigenvalue weighted by molar-refractivity contribution is 9.10. The lowest BCUT2D eigenvalue weighted by Gasteiger charge is -2.04. The van der Waals surface area contributed by atoms with E-state index in [0.717, 1.165) is 41.7 Å². The summed E-state index contributed by atoms with van der Waals surface area (Å²) in [7, 11) is 0. The highest BCUT2D eigenvalue weighted by Crippen LogP contribution is 2.16. The molecule has 0 bridgehead atoms. The molecule has 20 heavy (non-hydrogen) atoms. The number of nitrogens with zero attached hydrogens (tertiary/aromatic N) is 2. The van der Waals surface area contributed by atoms with Crippen LogP contribution < -0.4 is 5.32 Å². The van der Waals surface area contributed by atoms with Gasteiger partial charge in [-0.3, -0.25) is 0 Å². The Morgan fingerprint density at radius 1 is 1.30 bits per heavy atom. The van der Waals surface area contributed by atoms with Crippen LogP contribution in [0, 0.1) is 5.82 Å². The smallest absolute Gasteiger partial charge is 0.124 e. The van der Waals surface area contributed by atoms with Crippen molar-refractivity contribution in [3.05, 3.63) is 52.3 Å². The molecule has 0 unspecified atom stereocenters. The highest BCUT2D eigenvalue weighted by atomic mass is 79.9. The maximum atomic E-state index is 13.3. The first-order chi connectivity index (χ1) is 9.67. The highest BCUT2D eigenvalue weighted by Gasteiger charge is 2.02. The fourth-order valence-corrected chi connectivity index (χ4v) is 2.57. The van der Waals surface area contributed by atoms with E-state index >= 15 is 0 Å². The summed E-state index contributed by atoms with van der Waals surface area (Å²) in [5.74, 6) is -0.224. The number of halogens is 2. The van der Waals surface area contributed by atoms with Crippen LogP contribution in [0.5, 0.6) is 0 Å². The van der Waals surface area contributed by atoms with Gasteiger partial charge >= 0.3 is 0 Å². The zero-order valence-electron chi connectivity index (χ0n) is 11.6. The van der Waals surface area contributed by atoms with Crippen LogP contribution in [0.4, 0.5) is 4.39 Å². The Bertz CT molecular complexity index is 534. The number of rotatable bonds is 7. The van der Waals surface area contributed by atoms with Crippen molar-refractivity contribution in [3.63, 3.8) is 0 Å². The molecule has 2 aromatic rings. The predicted molar refractivity (Wildman–Crippen MR) is 82.3 cm³/mol. The van der Waals surface area contributed by atoms with Crippen LogP contribution in [0.15, 0.2) is 35.2 Å². The van der Waals surface area contributed by atoms with E-state index in [2.05, 4.69) is 33.2 Å². The van der Waals surface area contributed by atoms with Gasteiger partial charge in [0.15, 0.2) is 0 Å². The van der Waals surface area contributed by atoms with Crippen molar-refractivity contribution in [2.75, 3.05) is 13.1 Å². The standard InChI is InChI=1S/C15H19BrFN3/c1-2-4-18-5-3-15-10-20(11-19-15)9-12-6-13(16)8-14(17)7-12/h6-8,10-11,18H,2-5,9H2,1H3. The molecule has 0 radical (unpaired) electrons. The SMILES string of the molecule is CCCNCCc1cn(Cc2cc(F)cc(Br)c2)cn1. The molecule has 0 aliphatic carbocycles. The molecule has 1 aromatic heterocycles. The van der Waals surface area contributed by atoms with Gasteiger partial charge in [-0.2, -0.15) is 0 Å². The van der Waals surface area contributed by atoms with E-state index in [1.54, 1.807) is 12.4 Å². The second kappa shape index (κ2) is 7.55. The minimum atomic E-state index is -0.224. The van der Waals surface area contributed by atoms with E-state index in [0.29, 0.717) is 6.54 Å². The fourth-order valence-electron chi connectivity index (χ4n) is 2.05. The Labute approximate surface area is 127 Å². The minimum absolute atomic E-state index is 0.224. The van der Waals surface area contributed by atoms with Crippen LogP contribution in [0.25, 0.3) is 0 Å². The third kappa shape index (κ3) is 4.72. The quantitative estimate of drug-likeness (QED) is 0.783. The van der Waals surface area contributed by atoms with Crippen LogP contribution in [0.3, 0.4) is 0 Å². The van der Waals surface area contributed by atoms with Crippen LogP contribution in [0.1, 0.15) is 24.6 Å². The maximum absolute atomic E-state index is 13.3. The second-order valence-corrected chi connectivity index (χ2v) is 5.73. The first-order valence-corrected chi connectivity index (χ1v) is 7.63. The molecule has 0 spiro atoms. The van der Waals surface area contributed by atoms with Crippen molar-refractivity contribution in [2.24, 2.45) is 0 Å². The van der Waals surface area contributed by atoms with Gasteiger partial charge in [-0.05, 0) is 36.7 Å². The first-order valence-electron chi connectivity index (χ1n) is 6.83. The molecule has 0 aliphatic heterocycles. The van der Waals surface area contributed by atoms with Crippen LogP contribution in [-0.2, 0) is 13.0 Å². The van der Waals surface area contributed by atoms with Gasteiger partial charge in [0.1, 0.15) is 5.82 Å². The van der Waals surface area contributed by atoms with Crippen molar-refractivity contribution in [2.45, 2.75) is 26.3 Å². The Morgan fingerprint density at radius 3 is 2.90 bits per heavy atom. The zero-order valence-corrected chi connectivity index (χ0v) is 13.2. The van der Waals surface area contributed by atoms with Gasteiger partial charge in [-0.15, -0.1) is 0 Å². The molecule has 0 amide bonds. The first kappa shape index (κ1) is 15.2. The zero-order chi connectivity index (χ0) is 14.4. The lowest BCUT2D eigenvalue weighted by molar-refractivity contribution is 0.622. The average molecular weight is 340 g/mol. The number of hydrogen-bond acceptors (Lipinski definition) is 2. The molecule has 0 saturated heterocycles. The van der Waals surface area contributed by atoms with E-state index in [-0.39, 0.29) is 5.82 Å². The van der Waals surface area contributed by atoms with Crippen molar-refractivity contribution in [3.8, 4) is 0 Å². The summed E-state index contributed by atoms with van der Waals surface area (Å²) < 4.78 is 16.1. The minimum Gasteiger partial charge on any atom is -0.333 e. The molecular formula is C15H19BrFN3. The van der Waals surface area contributed by atoms with Gasteiger partial charge in [0.05, 0.1) is 12.0 Å². The topological polar surface area (TPSA) is 29.9 Å². The number of aromatic nitrogens is 2. The molecule has 5 heteroatoms. The number of imidazole rings is 1. The van der Waals surface area contributed by atoms with Crippen LogP contribution in [-0.4, -0.2) is 22.6 Å². The van der Waals surface area contributed by atoms with Gasteiger partial charge in [-0.25, -0.2) is 9.37 Å². The normalized spacial score (nSPS) is 10.9. The maximum Gasteiger partial charge on any atom is 0.124 e. The van der Waals surface area contributed by atoms with Gasteiger partial charge in [-0.1, -0.05) is 22.9 Å². The van der Waals surface area contributed by atoms with Crippen molar-refractivity contribution >= 4 is 15.9 Å². The van der Waals surface area contributed by atoms with Crippen LogP contribution in [0.2, 0.25) is 0 Å². The molecule has 1 heterocycles. The summed E-state index contributed by atoms with van der Waals surface area (Å²) in [4.78, 5) is 4.37. The van der Waals surface area contributed by atoms with E-state index in [4.69, 9.17) is 0 Å². The summed E-state index contributed by atoms with van der Waals surface area (Å²) >= 11 is 3.31. The predicted octanol–water partition coefficient (Wildman–Crippen LogP) is 3.38. The molecule has 0 atom stereocenters. The molecular weight excluding hydrogens is 321 g/mol. The number of nitrogens with one attached hydrogen (secondary N) is 1. The van der Waals surface area contributed by atoms with Gasteiger partial charge in [0.25, 0.3) is 0 Å². The number of benzene rings is 1. The Morgan fingerprint density at radius 2 is 2.15 bits per heavy atom. The molecule has 0 aliphatic rings. The molecule has 3 nitrogen and oxygen atoms in total. The van der Waals surface area contributed by atoms with E-state index in [1.807, 2.05) is 16.8 Å². The summed E-state index contributed by atoms with van der Waals surface area (Å²) in [6, 6.07) is 4.93. The average Bonchev–Trinajstić information content (AvgIpc) is 2.81. The summed E-state index contributed by atoms with van der Waals surface area (Å²) in [5.41, 5.74) is 1.98. The van der Waals surface area contributed by atoms with E-state index in [1.165, 1.54) is 6.07 Å².